The Labute approximate surface area is 83.4 Å². The largest absolute Gasteiger partial charge is 0.332 e. The molecule has 0 saturated heterocycles. The molecule has 1 aromatic carbocycles. The zero-order chi connectivity index (χ0) is 9.42. The van der Waals surface area contributed by atoms with Gasteiger partial charge in [-0.3, -0.25) is 9.78 Å². The number of halogens is 1. The van der Waals surface area contributed by atoms with Gasteiger partial charge in [-0.1, -0.05) is 17.7 Å². The van der Waals surface area contributed by atoms with Crippen molar-refractivity contribution in [2.24, 2.45) is 0 Å². The van der Waals surface area contributed by atoms with Crippen LogP contribution in [-0.2, 0) is 0 Å². The molecule has 2 rings (SSSR count). The topological polar surface area (TPSA) is 48.6 Å². The summed E-state index contributed by atoms with van der Waals surface area (Å²) in [6, 6.07) is 5.18. The van der Waals surface area contributed by atoms with E-state index < -0.39 is 0 Å². The monoisotopic (exact) mass is 212 g/mol. The summed E-state index contributed by atoms with van der Waals surface area (Å²) in [5, 5.41) is 0.864. The maximum atomic E-state index is 11.4. The average Bonchev–Trinajstić information content (AvgIpc) is 2.02. The van der Waals surface area contributed by atoms with Crippen molar-refractivity contribution in [2.45, 2.75) is 0 Å². The van der Waals surface area contributed by atoms with E-state index in [1.54, 1.807) is 18.2 Å². The highest BCUT2D eigenvalue weighted by Gasteiger charge is 2.02. The van der Waals surface area contributed by atoms with Gasteiger partial charge in [0.2, 0.25) is 0 Å². The van der Waals surface area contributed by atoms with Crippen LogP contribution in [0.5, 0.6) is 0 Å². The lowest BCUT2D eigenvalue weighted by molar-refractivity contribution is 1.14. The molecule has 0 saturated carbocycles. The summed E-state index contributed by atoms with van der Waals surface area (Å²) in [6.45, 7) is 0. The molecule has 0 amide bonds. The van der Waals surface area contributed by atoms with Crippen LogP contribution in [0, 0.1) is 4.77 Å². The molecule has 0 aliphatic heterocycles. The van der Waals surface area contributed by atoms with Crippen LogP contribution in [0.1, 0.15) is 0 Å². The summed E-state index contributed by atoms with van der Waals surface area (Å²) in [4.78, 5) is 16.7. The molecule has 0 bridgehead atoms. The third-order valence-electron chi connectivity index (χ3n) is 1.72. The number of benzene rings is 1. The van der Waals surface area contributed by atoms with Crippen molar-refractivity contribution in [3.8, 4) is 0 Å². The number of rotatable bonds is 0. The Hall–Kier alpha value is -1.13. The van der Waals surface area contributed by atoms with Gasteiger partial charge in [-0.15, -0.1) is 0 Å². The van der Waals surface area contributed by atoms with Crippen molar-refractivity contribution in [1.29, 1.82) is 0 Å². The van der Waals surface area contributed by atoms with E-state index in [1.807, 2.05) is 0 Å². The van der Waals surface area contributed by atoms with Crippen LogP contribution in [0.4, 0.5) is 0 Å². The lowest BCUT2D eigenvalue weighted by Crippen LogP contribution is -2.07. The van der Waals surface area contributed by atoms with Gasteiger partial charge in [0, 0.05) is 0 Å². The van der Waals surface area contributed by atoms with Crippen LogP contribution in [0.2, 0.25) is 5.02 Å². The van der Waals surface area contributed by atoms with Crippen LogP contribution in [0.15, 0.2) is 23.0 Å². The summed E-state index contributed by atoms with van der Waals surface area (Å²) in [6.07, 6.45) is 0. The average molecular weight is 213 g/mol. The van der Waals surface area contributed by atoms with Crippen molar-refractivity contribution >= 4 is 34.7 Å². The number of aromatic nitrogens is 2. The standard InChI is InChI=1S/C8H5ClN2OS/c9-4-2-1-3-5-6(4)7(12)11-8(13)10-5/h1-3H,(H2,10,11,12,13). The fraction of sp³-hybridized carbons (Fsp3) is 0. The van der Waals surface area contributed by atoms with Crippen LogP contribution >= 0.6 is 23.8 Å². The predicted octanol–water partition coefficient (Wildman–Crippen LogP) is 2.24. The van der Waals surface area contributed by atoms with Gasteiger partial charge in [-0.25, -0.2) is 0 Å². The number of nitrogens with one attached hydrogen (secondary N) is 2. The first-order valence-electron chi connectivity index (χ1n) is 3.59. The second kappa shape index (κ2) is 2.97. The predicted molar refractivity (Wildman–Crippen MR) is 54.8 cm³/mol. The summed E-state index contributed by atoms with van der Waals surface area (Å²) in [5.74, 6) is 0. The summed E-state index contributed by atoms with van der Waals surface area (Å²) >= 11 is 10.7. The van der Waals surface area contributed by atoms with Gasteiger partial charge in [0.15, 0.2) is 4.77 Å². The fourth-order valence-corrected chi connectivity index (χ4v) is 1.64. The highest BCUT2D eigenvalue weighted by atomic mass is 35.5. The molecule has 3 nitrogen and oxygen atoms in total. The van der Waals surface area contributed by atoms with Crippen molar-refractivity contribution in [1.82, 2.24) is 9.97 Å². The molecule has 66 valence electrons. The number of H-pyrrole nitrogens is 2. The molecule has 13 heavy (non-hydrogen) atoms. The van der Waals surface area contributed by atoms with E-state index in [0.29, 0.717) is 20.7 Å². The van der Waals surface area contributed by atoms with Crippen LogP contribution in [0.3, 0.4) is 0 Å². The van der Waals surface area contributed by atoms with Gasteiger partial charge in [0.1, 0.15) is 0 Å². The normalized spacial score (nSPS) is 10.5. The Balaban J connectivity index is 3.12. The van der Waals surface area contributed by atoms with E-state index in [2.05, 4.69) is 9.97 Å². The third-order valence-corrected chi connectivity index (χ3v) is 2.24. The summed E-state index contributed by atoms with van der Waals surface area (Å²) in [5.41, 5.74) is 0.394. The molecule has 0 spiro atoms. The van der Waals surface area contributed by atoms with Gasteiger partial charge >= 0.3 is 0 Å². The second-order valence-electron chi connectivity index (χ2n) is 2.57. The van der Waals surface area contributed by atoms with E-state index in [0.717, 1.165) is 0 Å². The minimum atomic E-state index is -0.260. The van der Waals surface area contributed by atoms with Crippen molar-refractivity contribution in [3.05, 3.63) is 38.3 Å². The molecule has 0 atom stereocenters. The van der Waals surface area contributed by atoms with Crippen LogP contribution < -0.4 is 5.56 Å². The minimum absolute atomic E-state index is 0.260. The maximum Gasteiger partial charge on any atom is 0.261 e. The number of fused-ring (bicyclic) bond motifs is 1. The van der Waals surface area contributed by atoms with Crippen LogP contribution in [0.25, 0.3) is 10.9 Å². The first kappa shape index (κ1) is 8.47. The van der Waals surface area contributed by atoms with Gasteiger partial charge in [-0.2, -0.15) is 0 Å². The van der Waals surface area contributed by atoms with E-state index >= 15 is 0 Å². The highest BCUT2D eigenvalue weighted by molar-refractivity contribution is 7.71. The number of hydrogen-bond acceptors (Lipinski definition) is 2. The van der Waals surface area contributed by atoms with E-state index in [-0.39, 0.29) is 5.56 Å². The van der Waals surface area contributed by atoms with Gasteiger partial charge < -0.3 is 4.98 Å². The minimum Gasteiger partial charge on any atom is -0.332 e. The van der Waals surface area contributed by atoms with E-state index in [4.69, 9.17) is 23.8 Å². The zero-order valence-corrected chi connectivity index (χ0v) is 8.00. The lowest BCUT2D eigenvalue weighted by atomic mass is 10.2. The molecule has 2 aromatic rings. The Kier molecular flexibility index (Phi) is 1.94. The van der Waals surface area contributed by atoms with Crippen molar-refractivity contribution in [3.63, 3.8) is 0 Å². The maximum absolute atomic E-state index is 11.4. The number of aromatic amines is 2. The summed E-state index contributed by atoms with van der Waals surface area (Å²) in [7, 11) is 0. The Morgan fingerprint density at radius 2 is 2.08 bits per heavy atom. The number of hydrogen-bond donors (Lipinski definition) is 2. The SMILES string of the molecule is O=c1[nH]c(=S)[nH]c2cccc(Cl)c12. The van der Waals surface area contributed by atoms with Gasteiger partial charge in [-0.05, 0) is 24.4 Å². The van der Waals surface area contributed by atoms with Crippen molar-refractivity contribution in [2.75, 3.05) is 0 Å². The molecule has 5 heteroatoms. The van der Waals surface area contributed by atoms with Gasteiger partial charge in [0.25, 0.3) is 5.56 Å². The molecular formula is C8H5ClN2OS. The second-order valence-corrected chi connectivity index (χ2v) is 3.39. The molecule has 1 aromatic heterocycles. The Morgan fingerprint density at radius 1 is 1.31 bits per heavy atom. The van der Waals surface area contributed by atoms with Crippen molar-refractivity contribution < 1.29 is 0 Å². The smallest absolute Gasteiger partial charge is 0.261 e. The molecule has 2 N–H and O–H groups in total. The van der Waals surface area contributed by atoms with Gasteiger partial charge in [0.05, 0.1) is 15.9 Å². The highest BCUT2D eigenvalue weighted by Crippen LogP contribution is 2.16. The molecule has 0 aliphatic rings. The third kappa shape index (κ3) is 1.38. The Bertz CT molecular complexity index is 572. The molecule has 0 radical (unpaired) electrons. The quantitative estimate of drug-likeness (QED) is 0.658. The first-order chi connectivity index (χ1) is 6.18. The zero-order valence-electron chi connectivity index (χ0n) is 6.43. The molecule has 0 unspecified atom stereocenters. The molecule has 0 aliphatic carbocycles. The first-order valence-corrected chi connectivity index (χ1v) is 4.38. The fourth-order valence-electron chi connectivity index (χ4n) is 1.18. The molecule has 0 fully saturated rings. The summed E-state index contributed by atoms with van der Waals surface area (Å²) < 4.78 is 0.305. The lowest BCUT2D eigenvalue weighted by Gasteiger charge is -1.97. The molecular weight excluding hydrogens is 208 g/mol. The van der Waals surface area contributed by atoms with E-state index in [1.165, 1.54) is 0 Å². The van der Waals surface area contributed by atoms with Crippen LogP contribution in [-0.4, -0.2) is 9.97 Å². The Morgan fingerprint density at radius 3 is 2.85 bits per heavy atom. The van der Waals surface area contributed by atoms with E-state index in [9.17, 15) is 4.79 Å². The molecule has 1 heterocycles.